The molecule has 21 heavy (non-hydrogen) atoms. The summed E-state index contributed by atoms with van der Waals surface area (Å²) in [6.07, 6.45) is -9.34. The molecular weight excluding hydrogens is 300 g/mol. The van der Waals surface area contributed by atoms with E-state index >= 15 is 0 Å². The minimum absolute atomic E-state index is 0.101. The summed E-state index contributed by atoms with van der Waals surface area (Å²) in [5.41, 5.74) is -2.76. The molecule has 0 spiro atoms. The quantitative estimate of drug-likeness (QED) is 0.640. The third kappa shape index (κ3) is 5.20. The van der Waals surface area contributed by atoms with Crippen molar-refractivity contribution >= 4 is 0 Å². The number of aliphatic hydroxyl groups is 1. The molecule has 2 nitrogen and oxygen atoms in total. The normalized spacial score (nSPS) is 14.3. The van der Waals surface area contributed by atoms with E-state index in [9.17, 15) is 26.3 Å². The van der Waals surface area contributed by atoms with Crippen molar-refractivity contribution in [3.05, 3.63) is 34.9 Å². The van der Waals surface area contributed by atoms with E-state index in [0.29, 0.717) is 18.6 Å². The average Bonchev–Trinajstić information content (AvgIpc) is 2.36. The standard InChI is InChI=1S/C13H15F6NO/c1-8(20-3-2-4-21)9-5-10(12(14,15)16)7-11(6-9)13(17,18)19/h5-8,20-21H,2-4H2,1H3. The highest BCUT2D eigenvalue weighted by Crippen LogP contribution is 2.37. The molecule has 0 fully saturated rings. The summed E-state index contributed by atoms with van der Waals surface area (Å²) in [5, 5.41) is 11.4. The molecule has 8 heteroatoms. The summed E-state index contributed by atoms with van der Waals surface area (Å²) in [6, 6.07) is 0.807. The van der Waals surface area contributed by atoms with Gasteiger partial charge in [0.15, 0.2) is 0 Å². The van der Waals surface area contributed by atoms with Crippen LogP contribution in [0.1, 0.15) is 36.1 Å². The zero-order chi connectivity index (χ0) is 16.3. The van der Waals surface area contributed by atoms with Crippen molar-refractivity contribution in [2.75, 3.05) is 13.2 Å². The summed E-state index contributed by atoms with van der Waals surface area (Å²) in [4.78, 5) is 0. The second-order valence-corrected chi connectivity index (χ2v) is 4.59. The van der Waals surface area contributed by atoms with Gasteiger partial charge in [-0.15, -0.1) is 0 Å². The lowest BCUT2D eigenvalue weighted by molar-refractivity contribution is -0.143. The van der Waals surface area contributed by atoms with Crippen LogP contribution < -0.4 is 5.32 Å². The lowest BCUT2D eigenvalue weighted by Crippen LogP contribution is -2.22. The molecule has 0 saturated heterocycles. The van der Waals surface area contributed by atoms with Crippen molar-refractivity contribution in [1.82, 2.24) is 5.32 Å². The first-order valence-electron chi connectivity index (χ1n) is 6.19. The molecule has 0 aliphatic carbocycles. The van der Waals surface area contributed by atoms with Gasteiger partial charge < -0.3 is 10.4 Å². The van der Waals surface area contributed by atoms with Gasteiger partial charge >= 0.3 is 12.4 Å². The number of nitrogens with one attached hydrogen (secondary N) is 1. The molecule has 0 heterocycles. The Hall–Kier alpha value is -1.28. The zero-order valence-corrected chi connectivity index (χ0v) is 11.1. The van der Waals surface area contributed by atoms with E-state index in [-0.39, 0.29) is 24.8 Å². The maximum atomic E-state index is 12.7. The SMILES string of the molecule is CC(NCCCO)c1cc(C(F)(F)F)cc(C(F)(F)F)c1. The molecule has 0 aliphatic heterocycles. The van der Waals surface area contributed by atoms with E-state index in [2.05, 4.69) is 5.32 Å². The summed E-state index contributed by atoms with van der Waals surface area (Å²) >= 11 is 0. The zero-order valence-electron chi connectivity index (χ0n) is 11.1. The summed E-state index contributed by atoms with van der Waals surface area (Å²) in [5.74, 6) is 0. The van der Waals surface area contributed by atoms with Crippen LogP contribution in [-0.4, -0.2) is 18.3 Å². The minimum atomic E-state index is -4.85. The van der Waals surface area contributed by atoms with Crippen LogP contribution in [0, 0.1) is 0 Å². The summed E-state index contributed by atoms with van der Waals surface area (Å²) < 4.78 is 76.1. The molecule has 0 amide bonds. The van der Waals surface area contributed by atoms with Crippen molar-refractivity contribution in [1.29, 1.82) is 0 Å². The smallest absolute Gasteiger partial charge is 0.396 e. The fourth-order valence-corrected chi connectivity index (χ4v) is 1.74. The number of alkyl halides is 6. The lowest BCUT2D eigenvalue weighted by Gasteiger charge is -2.19. The van der Waals surface area contributed by atoms with Crippen LogP contribution in [0.25, 0.3) is 0 Å². The molecule has 1 atom stereocenters. The Labute approximate surface area is 117 Å². The van der Waals surface area contributed by atoms with E-state index in [0.717, 1.165) is 0 Å². The van der Waals surface area contributed by atoms with E-state index in [4.69, 9.17) is 5.11 Å². The predicted molar refractivity (Wildman–Crippen MR) is 64.6 cm³/mol. The van der Waals surface area contributed by atoms with Gasteiger partial charge in [-0.2, -0.15) is 26.3 Å². The Kier molecular flexibility index (Phi) is 5.63. The van der Waals surface area contributed by atoms with Crippen LogP contribution in [-0.2, 0) is 12.4 Å². The molecule has 0 bridgehead atoms. The Morgan fingerprint density at radius 2 is 1.48 bits per heavy atom. The van der Waals surface area contributed by atoms with Crippen molar-refractivity contribution in [3.8, 4) is 0 Å². The number of halogens is 6. The maximum Gasteiger partial charge on any atom is 0.416 e. The van der Waals surface area contributed by atoms with E-state index in [1.54, 1.807) is 0 Å². The van der Waals surface area contributed by atoms with Gasteiger partial charge in [-0.1, -0.05) is 0 Å². The van der Waals surface area contributed by atoms with Crippen molar-refractivity contribution in [2.45, 2.75) is 31.7 Å². The molecule has 0 aromatic heterocycles. The molecular formula is C13H15F6NO. The van der Waals surface area contributed by atoms with Crippen molar-refractivity contribution < 1.29 is 31.4 Å². The molecule has 1 unspecified atom stereocenters. The van der Waals surface area contributed by atoms with Gasteiger partial charge in [-0.3, -0.25) is 0 Å². The average molecular weight is 315 g/mol. The Bertz CT molecular complexity index is 436. The van der Waals surface area contributed by atoms with Crippen LogP contribution >= 0.6 is 0 Å². The number of hydrogen-bond acceptors (Lipinski definition) is 2. The van der Waals surface area contributed by atoms with Crippen LogP contribution in [0.15, 0.2) is 18.2 Å². The van der Waals surface area contributed by atoms with Crippen LogP contribution in [0.4, 0.5) is 26.3 Å². The first kappa shape index (κ1) is 17.8. The van der Waals surface area contributed by atoms with Crippen LogP contribution in [0.2, 0.25) is 0 Å². The monoisotopic (exact) mass is 315 g/mol. The van der Waals surface area contributed by atoms with E-state index < -0.39 is 29.5 Å². The van der Waals surface area contributed by atoms with Crippen molar-refractivity contribution in [2.24, 2.45) is 0 Å². The van der Waals surface area contributed by atoms with Crippen LogP contribution in [0.3, 0.4) is 0 Å². The Morgan fingerprint density at radius 1 is 1.00 bits per heavy atom. The summed E-state index contributed by atoms with van der Waals surface area (Å²) in [6.45, 7) is 1.64. The van der Waals surface area contributed by atoms with E-state index in [1.807, 2.05) is 0 Å². The molecule has 2 N–H and O–H groups in total. The molecule has 1 aromatic rings. The number of aliphatic hydroxyl groups excluding tert-OH is 1. The summed E-state index contributed by atoms with van der Waals surface area (Å²) in [7, 11) is 0. The van der Waals surface area contributed by atoms with Gasteiger partial charge in [0.05, 0.1) is 11.1 Å². The molecule has 0 aliphatic rings. The van der Waals surface area contributed by atoms with Gasteiger partial charge in [0.25, 0.3) is 0 Å². The third-order valence-electron chi connectivity index (χ3n) is 2.90. The largest absolute Gasteiger partial charge is 0.416 e. The highest BCUT2D eigenvalue weighted by Gasteiger charge is 2.37. The van der Waals surface area contributed by atoms with Crippen LogP contribution in [0.5, 0.6) is 0 Å². The minimum Gasteiger partial charge on any atom is -0.396 e. The third-order valence-corrected chi connectivity index (χ3v) is 2.90. The number of benzene rings is 1. The second-order valence-electron chi connectivity index (χ2n) is 4.59. The van der Waals surface area contributed by atoms with Gasteiger partial charge in [-0.25, -0.2) is 0 Å². The van der Waals surface area contributed by atoms with Gasteiger partial charge in [0.1, 0.15) is 0 Å². The molecule has 120 valence electrons. The number of rotatable bonds is 5. The highest BCUT2D eigenvalue weighted by atomic mass is 19.4. The highest BCUT2D eigenvalue weighted by molar-refractivity contribution is 5.35. The van der Waals surface area contributed by atoms with Gasteiger partial charge in [0, 0.05) is 12.6 Å². The van der Waals surface area contributed by atoms with Gasteiger partial charge in [-0.05, 0) is 43.7 Å². The lowest BCUT2D eigenvalue weighted by atomic mass is 10.0. The molecule has 1 rings (SSSR count). The Morgan fingerprint density at radius 3 is 1.86 bits per heavy atom. The first-order valence-corrected chi connectivity index (χ1v) is 6.19. The van der Waals surface area contributed by atoms with Crippen molar-refractivity contribution in [3.63, 3.8) is 0 Å². The molecule has 1 aromatic carbocycles. The maximum absolute atomic E-state index is 12.7. The first-order chi connectivity index (χ1) is 9.55. The fraction of sp³-hybridized carbons (Fsp3) is 0.538. The molecule has 0 saturated carbocycles. The number of hydrogen-bond donors (Lipinski definition) is 2. The van der Waals surface area contributed by atoms with E-state index in [1.165, 1.54) is 6.92 Å². The Balaban J connectivity index is 3.13. The molecule has 0 radical (unpaired) electrons. The second kappa shape index (κ2) is 6.65. The predicted octanol–water partition coefficient (Wildman–Crippen LogP) is 3.76. The topological polar surface area (TPSA) is 32.3 Å². The van der Waals surface area contributed by atoms with Gasteiger partial charge in [0.2, 0.25) is 0 Å². The fourth-order valence-electron chi connectivity index (χ4n) is 1.74.